The number of rotatable bonds is 6. The third-order valence-electron chi connectivity index (χ3n) is 4.95. The number of carbonyl (C=O) groups is 1. The second kappa shape index (κ2) is 7.99. The number of anilines is 1. The monoisotopic (exact) mass is 332 g/mol. The van der Waals surface area contributed by atoms with Gasteiger partial charge in [-0.15, -0.1) is 0 Å². The Morgan fingerprint density at radius 3 is 2.71 bits per heavy atom. The molecule has 0 radical (unpaired) electrons. The molecule has 2 aliphatic rings. The highest BCUT2D eigenvalue weighted by molar-refractivity contribution is 5.89. The van der Waals surface area contributed by atoms with Crippen LogP contribution in [0.3, 0.4) is 0 Å². The van der Waals surface area contributed by atoms with Crippen LogP contribution in [0, 0.1) is 5.92 Å². The molecule has 0 spiro atoms. The molecule has 1 saturated heterocycles. The van der Waals surface area contributed by atoms with Crippen LogP contribution >= 0.6 is 0 Å². The molecular formula is C19H28N2O3. The van der Waals surface area contributed by atoms with Crippen molar-refractivity contribution in [2.75, 3.05) is 32.1 Å². The van der Waals surface area contributed by atoms with Crippen LogP contribution < -0.4 is 5.32 Å². The van der Waals surface area contributed by atoms with Gasteiger partial charge in [0.25, 0.3) is 0 Å². The van der Waals surface area contributed by atoms with E-state index in [1.165, 1.54) is 12.8 Å². The second-order valence-corrected chi connectivity index (χ2v) is 6.90. The molecule has 0 bridgehead atoms. The summed E-state index contributed by atoms with van der Waals surface area (Å²) in [7, 11) is 1.69. The van der Waals surface area contributed by atoms with Crippen molar-refractivity contribution < 1.29 is 14.3 Å². The molecule has 0 aromatic heterocycles. The lowest BCUT2D eigenvalue weighted by molar-refractivity contribution is 0.0105. The molecule has 1 atom stereocenters. The van der Waals surface area contributed by atoms with E-state index in [2.05, 4.69) is 5.32 Å². The molecule has 132 valence electrons. The van der Waals surface area contributed by atoms with Gasteiger partial charge < -0.3 is 19.7 Å². The summed E-state index contributed by atoms with van der Waals surface area (Å²) < 4.78 is 11.3. The lowest BCUT2D eigenvalue weighted by atomic mass is 10.1. The minimum Gasteiger partial charge on any atom is -0.378 e. The fraction of sp³-hybridized carbons (Fsp3) is 0.632. The highest BCUT2D eigenvalue weighted by Crippen LogP contribution is 2.30. The van der Waals surface area contributed by atoms with Crippen molar-refractivity contribution in [1.29, 1.82) is 0 Å². The van der Waals surface area contributed by atoms with Crippen molar-refractivity contribution in [1.82, 2.24) is 4.90 Å². The molecule has 5 nitrogen and oxygen atoms in total. The first-order valence-corrected chi connectivity index (χ1v) is 8.96. The van der Waals surface area contributed by atoms with E-state index in [0.29, 0.717) is 6.10 Å². The fourth-order valence-electron chi connectivity index (χ4n) is 2.99. The Balaban J connectivity index is 1.46. The van der Waals surface area contributed by atoms with E-state index < -0.39 is 0 Å². The Morgan fingerprint density at radius 1 is 1.29 bits per heavy atom. The zero-order valence-electron chi connectivity index (χ0n) is 14.7. The number of nitrogens with one attached hydrogen (secondary N) is 1. The topological polar surface area (TPSA) is 50.8 Å². The first-order chi connectivity index (χ1) is 11.7. The maximum Gasteiger partial charge on any atom is 0.321 e. The van der Waals surface area contributed by atoms with Crippen LogP contribution in [0.25, 0.3) is 0 Å². The smallest absolute Gasteiger partial charge is 0.321 e. The maximum atomic E-state index is 12.4. The van der Waals surface area contributed by atoms with E-state index >= 15 is 0 Å². The Hall–Kier alpha value is -1.59. The zero-order valence-corrected chi connectivity index (χ0v) is 14.7. The first kappa shape index (κ1) is 17.2. The molecule has 5 heteroatoms. The normalized spacial score (nSPS) is 20.0. The highest BCUT2D eigenvalue weighted by Gasteiger charge is 2.26. The van der Waals surface area contributed by atoms with Gasteiger partial charge in [0.1, 0.15) is 0 Å². The van der Waals surface area contributed by atoms with E-state index in [4.69, 9.17) is 9.47 Å². The van der Waals surface area contributed by atoms with Crippen molar-refractivity contribution in [3.8, 4) is 0 Å². The lowest BCUT2D eigenvalue weighted by Crippen LogP contribution is -2.43. The first-order valence-electron chi connectivity index (χ1n) is 8.96. The molecule has 1 aromatic rings. The molecule has 24 heavy (non-hydrogen) atoms. The Morgan fingerprint density at radius 2 is 2.04 bits per heavy atom. The number of amides is 2. The van der Waals surface area contributed by atoms with Gasteiger partial charge in [-0.1, -0.05) is 12.1 Å². The Kier molecular flexibility index (Phi) is 5.74. The number of likely N-dealkylation sites (tertiary alicyclic amines) is 1. The van der Waals surface area contributed by atoms with Crippen molar-refractivity contribution >= 4 is 11.7 Å². The number of benzene rings is 1. The largest absolute Gasteiger partial charge is 0.378 e. The Bertz CT molecular complexity index is 551. The van der Waals surface area contributed by atoms with Gasteiger partial charge in [0.05, 0.1) is 12.2 Å². The number of methoxy groups -OCH3 is 1. The molecule has 1 aliphatic carbocycles. The van der Waals surface area contributed by atoms with Crippen LogP contribution in [0.2, 0.25) is 0 Å². The van der Waals surface area contributed by atoms with E-state index in [1.807, 2.05) is 36.1 Å². The average Bonchev–Trinajstić information content (AvgIpc) is 3.44. The molecule has 1 heterocycles. The average molecular weight is 332 g/mol. The van der Waals surface area contributed by atoms with Gasteiger partial charge in [-0.05, 0) is 56.2 Å². The summed E-state index contributed by atoms with van der Waals surface area (Å²) >= 11 is 0. The zero-order chi connectivity index (χ0) is 16.9. The number of nitrogens with zero attached hydrogens (tertiary/aromatic N) is 1. The SMILES string of the molecule is COC(C)c1cccc(NC(=O)N2CCC(OCC3CC3)CC2)c1. The van der Waals surface area contributed by atoms with Crippen LogP contribution in [0.15, 0.2) is 24.3 Å². The third kappa shape index (κ3) is 4.71. The Labute approximate surface area is 144 Å². The van der Waals surface area contributed by atoms with Crippen molar-refractivity contribution in [3.05, 3.63) is 29.8 Å². The van der Waals surface area contributed by atoms with Gasteiger partial charge in [-0.25, -0.2) is 4.79 Å². The number of urea groups is 1. The third-order valence-corrected chi connectivity index (χ3v) is 4.95. The summed E-state index contributed by atoms with van der Waals surface area (Å²) in [5.41, 5.74) is 1.87. The lowest BCUT2D eigenvalue weighted by Gasteiger charge is -2.32. The summed E-state index contributed by atoms with van der Waals surface area (Å²) in [5.74, 6) is 0.799. The maximum absolute atomic E-state index is 12.4. The van der Waals surface area contributed by atoms with Crippen molar-refractivity contribution in [3.63, 3.8) is 0 Å². The predicted octanol–water partition coefficient (Wildman–Crippen LogP) is 3.82. The highest BCUT2D eigenvalue weighted by atomic mass is 16.5. The van der Waals surface area contributed by atoms with Crippen LogP contribution in [0.1, 0.15) is 44.3 Å². The summed E-state index contributed by atoms with van der Waals surface area (Å²) in [6.45, 7) is 4.42. The van der Waals surface area contributed by atoms with E-state index in [-0.39, 0.29) is 12.1 Å². The van der Waals surface area contributed by atoms with Crippen molar-refractivity contribution in [2.24, 2.45) is 5.92 Å². The summed E-state index contributed by atoms with van der Waals surface area (Å²) in [4.78, 5) is 14.3. The van der Waals surface area contributed by atoms with Gasteiger partial charge in [-0.3, -0.25) is 0 Å². The van der Waals surface area contributed by atoms with Crippen LogP contribution in [0.4, 0.5) is 10.5 Å². The van der Waals surface area contributed by atoms with Crippen LogP contribution in [-0.4, -0.2) is 43.8 Å². The molecule has 1 aliphatic heterocycles. The number of hydrogen-bond acceptors (Lipinski definition) is 3. The molecule has 2 fully saturated rings. The van der Waals surface area contributed by atoms with E-state index in [1.54, 1.807) is 7.11 Å². The molecule has 1 unspecified atom stereocenters. The summed E-state index contributed by atoms with van der Waals surface area (Å²) in [6.07, 6.45) is 4.84. The van der Waals surface area contributed by atoms with Crippen LogP contribution in [-0.2, 0) is 9.47 Å². The molecule has 2 amide bonds. The molecular weight excluding hydrogens is 304 g/mol. The van der Waals surface area contributed by atoms with Gasteiger partial charge >= 0.3 is 6.03 Å². The van der Waals surface area contributed by atoms with E-state index in [9.17, 15) is 4.79 Å². The molecule has 3 rings (SSSR count). The number of carbonyl (C=O) groups excluding carboxylic acids is 1. The standard InChI is InChI=1S/C19H28N2O3/c1-14(23-2)16-4-3-5-17(12-16)20-19(22)21-10-8-18(9-11-21)24-13-15-6-7-15/h3-5,12,14-15,18H,6-11,13H2,1-2H3,(H,20,22). The summed E-state index contributed by atoms with van der Waals surface area (Å²) in [6, 6.07) is 7.80. The number of ether oxygens (including phenoxy) is 2. The number of hydrogen-bond donors (Lipinski definition) is 1. The fourth-order valence-corrected chi connectivity index (χ4v) is 2.99. The molecule has 1 saturated carbocycles. The quantitative estimate of drug-likeness (QED) is 0.861. The molecule has 1 aromatic carbocycles. The molecule has 1 N–H and O–H groups in total. The predicted molar refractivity (Wildman–Crippen MR) is 94.2 cm³/mol. The number of piperidine rings is 1. The van der Waals surface area contributed by atoms with Gasteiger partial charge in [0, 0.05) is 32.5 Å². The summed E-state index contributed by atoms with van der Waals surface area (Å²) in [5, 5.41) is 3.00. The van der Waals surface area contributed by atoms with Gasteiger partial charge in [0.15, 0.2) is 0 Å². The van der Waals surface area contributed by atoms with E-state index in [0.717, 1.165) is 49.7 Å². The van der Waals surface area contributed by atoms with Crippen molar-refractivity contribution in [2.45, 2.75) is 44.8 Å². The van der Waals surface area contributed by atoms with Crippen LogP contribution in [0.5, 0.6) is 0 Å². The minimum atomic E-state index is -0.0298. The van der Waals surface area contributed by atoms with Gasteiger partial charge in [0.2, 0.25) is 0 Å². The second-order valence-electron chi connectivity index (χ2n) is 6.90. The minimum absolute atomic E-state index is 0.0150. The van der Waals surface area contributed by atoms with Gasteiger partial charge in [-0.2, -0.15) is 0 Å².